The number of carbonyl (C=O) groups is 3. The van der Waals surface area contributed by atoms with Gasteiger partial charge in [-0.3, -0.25) is 14.4 Å². The highest BCUT2D eigenvalue weighted by Gasteiger charge is 2.45. The Labute approximate surface area is 211 Å². The number of phenolic OH excluding ortho intramolecular Hbond substituents is 1. The SMILES string of the molecule is CC1=C(CCC(=O)N[C@@H]2[C@@H](O)[C@H](O)[C@@H](CO)O[C@@H]2Sc2ccccc2)C(=O)c2c(O)cccc2C1=O. The van der Waals surface area contributed by atoms with E-state index in [2.05, 4.69) is 5.32 Å². The molecule has 1 saturated heterocycles. The largest absolute Gasteiger partial charge is 0.507 e. The summed E-state index contributed by atoms with van der Waals surface area (Å²) in [6.45, 7) is 1.000. The number of aliphatic hydroxyl groups excluding tert-OH is 3. The number of ketones is 2. The molecule has 2 aromatic carbocycles. The maximum Gasteiger partial charge on any atom is 0.220 e. The summed E-state index contributed by atoms with van der Waals surface area (Å²) >= 11 is 1.23. The van der Waals surface area contributed by atoms with Crippen molar-refractivity contribution < 1.29 is 39.5 Å². The smallest absolute Gasteiger partial charge is 0.220 e. The molecule has 190 valence electrons. The number of nitrogens with one attached hydrogen (secondary N) is 1. The van der Waals surface area contributed by atoms with Gasteiger partial charge in [0.05, 0.1) is 18.2 Å². The molecule has 1 amide bonds. The molecule has 9 nitrogen and oxygen atoms in total. The number of Topliss-reactive ketones (excluding diaryl/α,β-unsaturated/α-hetero) is 2. The number of aliphatic hydroxyl groups is 3. The first-order chi connectivity index (χ1) is 17.2. The number of allylic oxidation sites excluding steroid dienone is 2. The van der Waals surface area contributed by atoms with E-state index in [4.69, 9.17) is 4.74 Å². The number of hydrogen-bond acceptors (Lipinski definition) is 9. The zero-order chi connectivity index (χ0) is 26.0. The van der Waals surface area contributed by atoms with Crippen molar-refractivity contribution in [1.29, 1.82) is 0 Å². The lowest BCUT2D eigenvalue weighted by Gasteiger charge is -2.42. The van der Waals surface area contributed by atoms with Gasteiger partial charge < -0.3 is 30.5 Å². The third-order valence-electron chi connectivity index (χ3n) is 6.39. The molecule has 0 spiro atoms. The molecule has 0 bridgehead atoms. The van der Waals surface area contributed by atoms with Crippen molar-refractivity contribution in [2.45, 2.75) is 54.5 Å². The first-order valence-corrected chi connectivity index (χ1v) is 12.4. The summed E-state index contributed by atoms with van der Waals surface area (Å²) in [6.07, 6.45) is -4.10. The van der Waals surface area contributed by atoms with Gasteiger partial charge in [0.1, 0.15) is 29.5 Å². The average molecular weight is 514 g/mol. The normalized spacial score (nSPS) is 26.1. The molecule has 0 radical (unpaired) electrons. The average Bonchev–Trinajstić information content (AvgIpc) is 2.87. The van der Waals surface area contributed by atoms with E-state index in [9.17, 15) is 34.8 Å². The molecule has 5 N–H and O–H groups in total. The molecular formula is C26H27NO8S. The van der Waals surface area contributed by atoms with Gasteiger partial charge in [-0.15, -0.1) is 0 Å². The molecule has 2 aromatic rings. The van der Waals surface area contributed by atoms with Crippen molar-refractivity contribution in [3.63, 3.8) is 0 Å². The van der Waals surface area contributed by atoms with Crippen molar-refractivity contribution in [2.75, 3.05) is 6.61 Å². The van der Waals surface area contributed by atoms with Crippen LogP contribution in [-0.4, -0.2) is 74.3 Å². The summed E-state index contributed by atoms with van der Waals surface area (Å²) in [6, 6.07) is 12.4. The predicted molar refractivity (Wildman–Crippen MR) is 131 cm³/mol. The maximum atomic E-state index is 13.0. The van der Waals surface area contributed by atoms with Gasteiger partial charge in [-0.05, 0) is 31.5 Å². The van der Waals surface area contributed by atoms with E-state index < -0.39 is 48.1 Å². The van der Waals surface area contributed by atoms with E-state index in [-0.39, 0.29) is 46.6 Å². The van der Waals surface area contributed by atoms with Crippen molar-refractivity contribution >= 4 is 29.2 Å². The summed E-state index contributed by atoms with van der Waals surface area (Å²) in [5, 5.41) is 43.4. The van der Waals surface area contributed by atoms with E-state index in [0.29, 0.717) is 0 Å². The fourth-order valence-electron chi connectivity index (χ4n) is 4.40. The Balaban J connectivity index is 1.48. The number of rotatable bonds is 7. The second kappa shape index (κ2) is 10.9. The second-order valence-electron chi connectivity index (χ2n) is 8.69. The quantitative estimate of drug-likeness (QED) is 0.371. The minimum atomic E-state index is -1.42. The highest BCUT2D eigenvalue weighted by Crippen LogP contribution is 2.35. The highest BCUT2D eigenvalue weighted by molar-refractivity contribution is 7.99. The van der Waals surface area contributed by atoms with Crippen molar-refractivity contribution in [1.82, 2.24) is 5.32 Å². The Morgan fingerprint density at radius 1 is 1.03 bits per heavy atom. The molecule has 2 aliphatic rings. The van der Waals surface area contributed by atoms with Crippen LogP contribution in [0.4, 0.5) is 0 Å². The van der Waals surface area contributed by atoms with Crippen LogP contribution in [0.15, 0.2) is 64.6 Å². The Bertz CT molecular complexity index is 1200. The van der Waals surface area contributed by atoms with Crippen molar-refractivity contribution in [2.24, 2.45) is 0 Å². The Kier molecular flexibility index (Phi) is 7.91. The van der Waals surface area contributed by atoms with Crippen molar-refractivity contribution in [3.8, 4) is 5.75 Å². The van der Waals surface area contributed by atoms with Crippen molar-refractivity contribution in [3.05, 3.63) is 70.8 Å². The van der Waals surface area contributed by atoms with E-state index in [1.807, 2.05) is 30.3 Å². The summed E-state index contributed by atoms with van der Waals surface area (Å²) in [5.74, 6) is -1.71. The fraction of sp³-hybridized carbons (Fsp3) is 0.346. The zero-order valence-electron chi connectivity index (χ0n) is 19.5. The van der Waals surface area contributed by atoms with Gasteiger partial charge in [-0.2, -0.15) is 0 Å². The number of ether oxygens (including phenoxy) is 1. The Morgan fingerprint density at radius 3 is 2.44 bits per heavy atom. The molecule has 1 heterocycles. The number of benzene rings is 2. The molecule has 1 aliphatic carbocycles. The first-order valence-electron chi connectivity index (χ1n) is 11.5. The molecule has 1 fully saturated rings. The van der Waals surface area contributed by atoms with Crippen LogP contribution < -0.4 is 5.32 Å². The van der Waals surface area contributed by atoms with Crippen LogP contribution in [0.1, 0.15) is 40.5 Å². The number of carbonyl (C=O) groups excluding carboxylic acids is 3. The van der Waals surface area contributed by atoms with Gasteiger partial charge in [-0.1, -0.05) is 42.1 Å². The van der Waals surface area contributed by atoms with E-state index in [0.717, 1.165) is 4.90 Å². The number of hydrogen-bond donors (Lipinski definition) is 5. The Hall–Kier alpha value is -3.02. The molecule has 0 unspecified atom stereocenters. The Morgan fingerprint density at radius 2 is 1.75 bits per heavy atom. The molecule has 5 atom stereocenters. The van der Waals surface area contributed by atoms with Crippen LogP contribution in [0.5, 0.6) is 5.75 Å². The van der Waals surface area contributed by atoms with Gasteiger partial charge in [0.2, 0.25) is 5.91 Å². The van der Waals surface area contributed by atoms with Crippen LogP contribution >= 0.6 is 11.8 Å². The number of fused-ring (bicyclic) bond motifs is 1. The summed E-state index contributed by atoms with van der Waals surface area (Å²) in [5.41, 5.74) is -0.404. The molecule has 1 aliphatic heterocycles. The van der Waals surface area contributed by atoms with E-state index in [1.54, 1.807) is 0 Å². The minimum absolute atomic E-state index is 0.0575. The zero-order valence-corrected chi connectivity index (χ0v) is 20.3. The third kappa shape index (κ3) is 5.09. The highest BCUT2D eigenvalue weighted by atomic mass is 32.2. The third-order valence-corrected chi connectivity index (χ3v) is 7.57. The molecule has 0 aromatic heterocycles. The summed E-state index contributed by atoms with van der Waals surface area (Å²) in [7, 11) is 0. The molecule has 4 rings (SSSR count). The van der Waals surface area contributed by atoms with Crippen LogP contribution in [-0.2, 0) is 9.53 Å². The number of amides is 1. The monoisotopic (exact) mass is 513 g/mol. The number of thioether (sulfide) groups is 1. The second-order valence-corrected chi connectivity index (χ2v) is 9.86. The standard InChI is InChI=1S/C26H27NO8S/c1-13-15(23(32)20-16(22(13)31)8-5-9-17(20)29)10-11-19(30)27-21-25(34)24(33)18(12-28)35-26(21)36-14-6-3-2-4-7-14/h2-9,18,21,24-26,28-29,33-34H,10-12H2,1H3,(H,27,30)/t18-,21-,24-,25-,26-/m1/s1. The van der Waals surface area contributed by atoms with Gasteiger partial charge >= 0.3 is 0 Å². The topological polar surface area (TPSA) is 153 Å². The van der Waals surface area contributed by atoms with Crippen LogP contribution in [0.2, 0.25) is 0 Å². The summed E-state index contributed by atoms with van der Waals surface area (Å²) in [4.78, 5) is 39.4. The van der Waals surface area contributed by atoms with Gasteiger partial charge in [0, 0.05) is 28.0 Å². The predicted octanol–water partition coefficient (Wildman–Crippen LogP) is 1.58. The van der Waals surface area contributed by atoms with E-state index in [1.165, 1.54) is 36.9 Å². The van der Waals surface area contributed by atoms with Gasteiger partial charge in [0.25, 0.3) is 0 Å². The van der Waals surface area contributed by atoms with Crippen LogP contribution in [0.25, 0.3) is 0 Å². The fourth-order valence-corrected chi connectivity index (χ4v) is 5.55. The lowest BCUT2D eigenvalue weighted by atomic mass is 9.82. The molecule has 36 heavy (non-hydrogen) atoms. The van der Waals surface area contributed by atoms with Gasteiger partial charge in [-0.25, -0.2) is 0 Å². The number of phenols is 1. The van der Waals surface area contributed by atoms with E-state index >= 15 is 0 Å². The van der Waals surface area contributed by atoms with Crippen LogP contribution in [0.3, 0.4) is 0 Å². The molecule has 0 saturated carbocycles. The molecular weight excluding hydrogens is 486 g/mol. The lowest BCUT2D eigenvalue weighted by Crippen LogP contribution is -2.63. The number of aromatic hydroxyl groups is 1. The lowest BCUT2D eigenvalue weighted by molar-refractivity contribution is -0.173. The molecule has 10 heteroatoms. The van der Waals surface area contributed by atoms with Gasteiger partial charge in [0.15, 0.2) is 11.6 Å². The maximum absolute atomic E-state index is 13.0. The first kappa shape index (κ1) is 26.1. The minimum Gasteiger partial charge on any atom is -0.507 e. The van der Waals surface area contributed by atoms with Crippen LogP contribution in [0, 0.1) is 0 Å². The summed E-state index contributed by atoms with van der Waals surface area (Å²) < 4.78 is 5.78.